The second-order valence-corrected chi connectivity index (χ2v) is 7.21. The van der Waals surface area contributed by atoms with E-state index in [9.17, 15) is 4.79 Å². The number of nitrogens with zero attached hydrogens (tertiary/aromatic N) is 2. The number of hydrogen-bond acceptors (Lipinski definition) is 4. The van der Waals surface area contributed by atoms with Gasteiger partial charge < -0.3 is 10.6 Å². The fraction of sp³-hybridized carbons (Fsp3) is 0.588. The number of amides is 1. The molecule has 2 fully saturated rings. The third-order valence-electron chi connectivity index (χ3n) is 4.96. The summed E-state index contributed by atoms with van der Waals surface area (Å²) in [5.74, 6) is 1.25. The monoisotopic (exact) mass is 332 g/mol. The molecule has 23 heavy (non-hydrogen) atoms. The number of pyridine rings is 1. The molecule has 4 unspecified atom stereocenters. The lowest BCUT2D eigenvalue weighted by molar-refractivity contribution is -0.129. The third kappa shape index (κ3) is 3.59. The molecule has 0 bridgehead atoms. The number of aryl methyl sites for hydroxylation is 1. The summed E-state index contributed by atoms with van der Waals surface area (Å²) in [6, 6.07) is 4.24. The van der Waals surface area contributed by atoms with Crippen LogP contribution < -0.4 is 10.6 Å². The first-order valence-electron chi connectivity index (χ1n) is 8.12. The number of hydrogen-bond donors (Lipinski definition) is 2. The predicted octanol–water partition coefficient (Wildman–Crippen LogP) is 2.59. The van der Waals surface area contributed by atoms with Gasteiger partial charge in [-0.1, -0.05) is 0 Å². The van der Waals surface area contributed by atoms with E-state index in [1.807, 2.05) is 13.0 Å². The Kier molecular flexibility index (Phi) is 4.72. The number of halogens is 1. The number of piperidine rings is 1. The van der Waals surface area contributed by atoms with Crippen LogP contribution in [0.1, 0.15) is 36.8 Å². The van der Waals surface area contributed by atoms with Crippen molar-refractivity contribution in [1.29, 1.82) is 5.26 Å². The van der Waals surface area contributed by atoms with Crippen LogP contribution in [-0.2, 0) is 4.79 Å². The fourth-order valence-electron chi connectivity index (χ4n) is 3.60. The Morgan fingerprint density at radius 2 is 2.30 bits per heavy atom. The van der Waals surface area contributed by atoms with E-state index in [4.69, 9.17) is 16.9 Å². The van der Waals surface area contributed by atoms with Crippen molar-refractivity contribution in [3.8, 4) is 6.07 Å². The molecular formula is C17H21ClN4O. The number of carbonyl (C=O) groups excluding carboxylic acids is 1. The number of anilines is 1. The highest BCUT2D eigenvalue weighted by atomic mass is 35.5. The van der Waals surface area contributed by atoms with Crippen molar-refractivity contribution in [3.05, 3.63) is 23.4 Å². The predicted molar refractivity (Wildman–Crippen MR) is 89.2 cm³/mol. The van der Waals surface area contributed by atoms with Crippen molar-refractivity contribution < 1.29 is 4.79 Å². The summed E-state index contributed by atoms with van der Waals surface area (Å²) in [7, 11) is 0. The second-order valence-electron chi connectivity index (χ2n) is 6.60. The third-order valence-corrected chi connectivity index (χ3v) is 5.36. The van der Waals surface area contributed by atoms with Crippen LogP contribution in [0.25, 0.3) is 0 Å². The van der Waals surface area contributed by atoms with Gasteiger partial charge in [-0.05, 0) is 50.2 Å². The van der Waals surface area contributed by atoms with Gasteiger partial charge in [0.25, 0.3) is 0 Å². The molecule has 0 aromatic carbocycles. The first kappa shape index (κ1) is 16.1. The summed E-state index contributed by atoms with van der Waals surface area (Å²) in [6.07, 6.45) is 5.40. The molecule has 2 N–H and O–H groups in total. The molecular weight excluding hydrogens is 312 g/mol. The molecule has 1 saturated heterocycles. The zero-order valence-electron chi connectivity index (χ0n) is 13.2. The van der Waals surface area contributed by atoms with E-state index in [1.165, 1.54) is 0 Å². The number of aromatic nitrogens is 1. The van der Waals surface area contributed by atoms with Gasteiger partial charge in [-0.25, -0.2) is 4.98 Å². The molecule has 122 valence electrons. The molecule has 1 aliphatic heterocycles. The molecule has 1 aliphatic carbocycles. The highest BCUT2D eigenvalue weighted by molar-refractivity contribution is 6.20. The van der Waals surface area contributed by atoms with E-state index in [0.717, 1.165) is 31.2 Å². The Hall–Kier alpha value is -1.80. The van der Waals surface area contributed by atoms with E-state index in [1.54, 1.807) is 6.20 Å². The van der Waals surface area contributed by atoms with Gasteiger partial charge in [0.15, 0.2) is 0 Å². The summed E-state index contributed by atoms with van der Waals surface area (Å²) in [5, 5.41) is 15.6. The molecule has 3 rings (SSSR count). The average molecular weight is 333 g/mol. The van der Waals surface area contributed by atoms with Gasteiger partial charge in [0, 0.05) is 24.2 Å². The Morgan fingerprint density at radius 1 is 1.48 bits per heavy atom. The molecule has 2 aliphatic rings. The van der Waals surface area contributed by atoms with Crippen molar-refractivity contribution in [2.75, 3.05) is 11.9 Å². The van der Waals surface area contributed by atoms with Gasteiger partial charge in [-0.3, -0.25) is 4.79 Å². The lowest BCUT2D eigenvalue weighted by Gasteiger charge is -2.41. The number of nitriles is 1. The SMILES string of the molecule is Cc1cc(NCC2CC3CC(Cl)CCC3NC2=O)ncc1C#N. The van der Waals surface area contributed by atoms with Gasteiger partial charge in [0.05, 0.1) is 11.5 Å². The molecule has 4 atom stereocenters. The zero-order valence-corrected chi connectivity index (χ0v) is 13.9. The minimum Gasteiger partial charge on any atom is -0.369 e. The Balaban J connectivity index is 1.60. The number of fused-ring (bicyclic) bond motifs is 1. The number of nitrogens with one attached hydrogen (secondary N) is 2. The van der Waals surface area contributed by atoms with Crippen LogP contribution in [0.5, 0.6) is 0 Å². The van der Waals surface area contributed by atoms with E-state index >= 15 is 0 Å². The van der Waals surface area contributed by atoms with Gasteiger partial charge in [0.1, 0.15) is 11.9 Å². The fourth-order valence-corrected chi connectivity index (χ4v) is 3.96. The van der Waals surface area contributed by atoms with Crippen LogP contribution >= 0.6 is 11.6 Å². The molecule has 5 nitrogen and oxygen atoms in total. The van der Waals surface area contributed by atoms with Gasteiger partial charge in [-0.2, -0.15) is 5.26 Å². The topological polar surface area (TPSA) is 77.8 Å². The molecule has 2 heterocycles. The van der Waals surface area contributed by atoms with Crippen LogP contribution in [0, 0.1) is 30.1 Å². The van der Waals surface area contributed by atoms with Gasteiger partial charge in [-0.15, -0.1) is 11.6 Å². The highest BCUT2D eigenvalue weighted by Crippen LogP contribution is 2.35. The van der Waals surface area contributed by atoms with Crippen molar-refractivity contribution in [1.82, 2.24) is 10.3 Å². The van der Waals surface area contributed by atoms with E-state index < -0.39 is 0 Å². The number of rotatable bonds is 3. The van der Waals surface area contributed by atoms with Gasteiger partial charge in [0.2, 0.25) is 5.91 Å². The average Bonchev–Trinajstić information content (AvgIpc) is 2.53. The standard InChI is InChI=1S/C17H21ClN4O/c1-10-4-16(21-9-13(10)7-19)20-8-12-5-11-6-14(18)2-3-15(11)22-17(12)23/h4,9,11-12,14-15H,2-3,5-6,8H2,1H3,(H,20,21)(H,22,23). The Labute approximate surface area is 141 Å². The lowest BCUT2D eigenvalue weighted by Crippen LogP contribution is -2.53. The maximum Gasteiger partial charge on any atom is 0.225 e. The van der Waals surface area contributed by atoms with Crippen molar-refractivity contribution in [2.45, 2.75) is 44.0 Å². The number of carbonyl (C=O) groups is 1. The molecule has 1 amide bonds. The Morgan fingerprint density at radius 3 is 3.04 bits per heavy atom. The van der Waals surface area contributed by atoms with Gasteiger partial charge >= 0.3 is 0 Å². The zero-order chi connectivity index (χ0) is 16.4. The van der Waals surface area contributed by atoms with Crippen molar-refractivity contribution in [3.63, 3.8) is 0 Å². The molecule has 6 heteroatoms. The smallest absolute Gasteiger partial charge is 0.225 e. The van der Waals surface area contributed by atoms with Crippen LogP contribution in [0.15, 0.2) is 12.3 Å². The summed E-state index contributed by atoms with van der Waals surface area (Å²) < 4.78 is 0. The largest absolute Gasteiger partial charge is 0.369 e. The Bertz CT molecular complexity index is 642. The molecule has 1 aromatic heterocycles. The molecule has 1 saturated carbocycles. The quantitative estimate of drug-likeness (QED) is 0.834. The van der Waals surface area contributed by atoms with Crippen molar-refractivity contribution >= 4 is 23.3 Å². The normalized spacial score (nSPS) is 30.0. The maximum absolute atomic E-state index is 12.3. The lowest BCUT2D eigenvalue weighted by atomic mass is 9.75. The first-order valence-corrected chi connectivity index (χ1v) is 8.55. The summed E-state index contributed by atoms with van der Waals surface area (Å²) in [5.41, 5.74) is 1.46. The minimum atomic E-state index is -0.0593. The van der Waals surface area contributed by atoms with Crippen LogP contribution in [0.4, 0.5) is 5.82 Å². The summed E-state index contributed by atoms with van der Waals surface area (Å²) in [6.45, 7) is 2.44. The number of alkyl halides is 1. The molecule has 1 aromatic rings. The first-order chi connectivity index (χ1) is 11.1. The highest BCUT2D eigenvalue weighted by Gasteiger charge is 2.38. The molecule has 0 radical (unpaired) electrons. The van der Waals surface area contributed by atoms with E-state index in [2.05, 4.69) is 21.7 Å². The van der Waals surface area contributed by atoms with E-state index in [-0.39, 0.29) is 17.2 Å². The minimum absolute atomic E-state index is 0.0593. The van der Waals surface area contributed by atoms with Crippen LogP contribution in [-0.4, -0.2) is 28.9 Å². The maximum atomic E-state index is 12.3. The van der Waals surface area contributed by atoms with Crippen LogP contribution in [0.2, 0.25) is 0 Å². The van der Waals surface area contributed by atoms with Crippen LogP contribution in [0.3, 0.4) is 0 Å². The summed E-state index contributed by atoms with van der Waals surface area (Å²) in [4.78, 5) is 16.5. The second kappa shape index (κ2) is 6.76. The van der Waals surface area contributed by atoms with Crippen molar-refractivity contribution in [2.24, 2.45) is 11.8 Å². The summed E-state index contributed by atoms with van der Waals surface area (Å²) >= 11 is 6.27. The molecule has 0 spiro atoms. The van der Waals surface area contributed by atoms with E-state index in [0.29, 0.717) is 29.9 Å².